The summed E-state index contributed by atoms with van der Waals surface area (Å²) in [6.07, 6.45) is 8.57. The summed E-state index contributed by atoms with van der Waals surface area (Å²) in [7, 11) is 0. The molecule has 1 aliphatic carbocycles. The van der Waals surface area contributed by atoms with Gasteiger partial charge in [-0.25, -0.2) is 9.59 Å². The number of hydroxylamine groups is 2. The number of hydrogen-bond acceptors (Lipinski definition) is 7. The topological polar surface area (TPSA) is 109 Å². The van der Waals surface area contributed by atoms with Crippen LogP contribution in [0.25, 0.3) is 0 Å². The fourth-order valence-corrected chi connectivity index (χ4v) is 8.34. The highest BCUT2D eigenvalue weighted by Crippen LogP contribution is 2.26. The van der Waals surface area contributed by atoms with Gasteiger partial charge in [-0.15, -0.1) is 5.06 Å². The van der Waals surface area contributed by atoms with Gasteiger partial charge in [-0.05, 0) is 86.1 Å². The number of likely N-dealkylation sites (tertiary alicyclic amines) is 1. The van der Waals surface area contributed by atoms with E-state index in [0.29, 0.717) is 58.0 Å². The Morgan fingerprint density at radius 2 is 1.54 bits per heavy atom. The van der Waals surface area contributed by atoms with Gasteiger partial charge in [0, 0.05) is 83.1 Å². The zero-order chi connectivity index (χ0) is 32.9. The number of carbonyl (C=O) groups excluding carboxylic acids is 3. The molecular formula is C37H51N7O4. The molecule has 258 valence electrons. The highest BCUT2D eigenvalue weighted by atomic mass is 16.7. The van der Waals surface area contributed by atoms with Crippen LogP contribution in [0.5, 0.6) is 0 Å². The van der Waals surface area contributed by atoms with Gasteiger partial charge in [-0.1, -0.05) is 36.4 Å². The lowest BCUT2D eigenvalue weighted by molar-refractivity contribution is -0.137. The average molecular weight is 658 g/mol. The predicted molar refractivity (Wildman–Crippen MR) is 185 cm³/mol. The van der Waals surface area contributed by atoms with Crippen molar-refractivity contribution < 1.29 is 19.2 Å². The molecule has 0 bridgehead atoms. The van der Waals surface area contributed by atoms with Crippen LogP contribution < -0.4 is 16.0 Å². The molecule has 4 heterocycles. The minimum atomic E-state index is -0.699. The molecule has 48 heavy (non-hydrogen) atoms. The van der Waals surface area contributed by atoms with Gasteiger partial charge >= 0.3 is 12.1 Å². The van der Waals surface area contributed by atoms with Crippen molar-refractivity contribution in [1.82, 2.24) is 30.4 Å². The number of anilines is 1. The van der Waals surface area contributed by atoms with Crippen LogP contribution in [0.4, 0.5) is 15.3 Å². The molecule has 3 saturated heterocycles. The van der Waals surface area contributed by atoms with Gasteiger partial charge < -0.3 is 30.6 Å². The first-order valence-electron chi connectivity index (χ1n) is 18.2. The highest BCUT2D eigenvalue weighted by Gasteiger charge is 2.34. The van der Waals surface area contributed by atoms with Crippen LogP contribution >= 0.6 is 0 Å². The Morgan fingerprint density at radius 1 is 0.812 bits per heavy atom. The average Bonchev–Trinajstić information content (AvgIpc) is 3.30. The summed E-state index contributed by atoms with van der Waals surface area (Å²) in [6.45, 7) is 7.28. The maximum atomic E-state index is 14.0. The Kier molecular flexibility index (Phi) is 10.4. The third-order valence-corrected chi connectivity index (χ3v) is 11.1. The van der Waals surface area contributed by atoms with Gasteiger partial charge in [0.25, 0.3) is 0 Å². The van der Waals surface area contributed by atoms with E-state index in [1.807, 2.05) is 28.0 Å². The standard InChI is InChI=1S/C37H51N7O4/c45-35(42-18-12-31(13-19-42)41-23-16-38-17-24-41)34(26-27-9-10-28-5-1-2-7-30(28)25-27)40-37(47)48-43-20-14-32(15-21-43)44-22-11-29-6-3-4-8-33(29)39-36(44)46/h3-4,6,8-10,25,31-32,34,38H,1-2,5,7,11-24,26H2,(H,39,46)(H,40,47)/t34-/m1/s1. The van der Waals surface area contributed by atoms with Crippen LogP contribution in [0.2, 0.25) is 0 Å². The summed E-state index contributed by atoms with van der Waals surface area (Å²) >= 11 is 0. The largest absolute Gasteiger partial charge is 0.426 e. The van der Waals surface area contributed by atoms with E-state index in [-0.39, 0.29) is 18.0 Å². The quantitative estimate of drug-likeness (QED) is 0.418. The lowest BCUT2D eigenvalue weighted by Crippen LogP contribution is -2.56. The number of rotatable bonds is 7. The number of piperazine rings is 1. The Hall–Kier alpha value is -3.67. The molecule has 3 fully saturated rings. The molecule has 11 nitrogen and oxygen atoms in total. The number of piperidine rings is 2. The number of benzene rings is 2. The van der Waals surface area contributed by atoms with Crippen molar-refractivity contribution in [2.45, 2.75) is 82.3 Å². The molecular weight excluding hydrogens is 606 g/mol. The van der Waals surface area contributed by atoms with Crippen molar-refractivity contribution in [3.05, 3.63) is 64.7 Å². The fourth-order valence-electron chi connectivity index (χ4n) is 8.34. The van der Waals surface area contributed by atoms with Crippen molar-refractivity contribution in [3.63, 3.8) is 0 Å². The van der Waals surface area contributed by atoms with Crippen molar-refractivity contribution in [2.24, 2.45) is 0 Å². The molecule has 1 atom stereocenters. The normalized spacial score (nSPS) is 22.2. The summed E-state index contributed by atoms with van der Waals surface area (Å²) in [5.74, 6) is -0.0321. The van der Waals surface area contributed by atoms with E-state index in [1.54, 1.807) is 5.06 Å². The Bertz CT molecular complexity index is 1450. The first-order chi connectivity index (χ1) is 23.5. The van der Waals surface area contributed by atoms with E-state index in [1.165, 1.54) is 24.0 Å². The predicted octanol–water partition coefficient (Wildman–Crippen LogP) is 3.57. The second-order valence-electron chi connectivity index (χ2n) is 14.1. The Labute approximate surface area is 284 Å². The second kappa shape index (κ2) is 15.3. The number of fused-ring (bicyclic) bond motifs is 2. The number of aryl methyl sites for hydroxylation is 2. The van der Waals surface area contributed by atoms with E-state index in [9.17, 15) is 14.4 Å². The molecule has 4 amide bonds. The highest BCUT2D eigenvalue weighted by molar-refractivity contribution is 5.91. The molecule has 0 spiro atoms. The van der Waals surface area contributed by atoms with Gasteiger partial charge in [0.15, 0.2) is 0 Å². The van der Waals surface area contributed by atoms with E-state index in [4.69, 9.17) is 4.84 Å². The molecule has 2 aromatic carbocycles. The van der Waals surface area contributed by atoms with Crippen LogP contribution in [-0.2, 0) is 35.3 Å². The molecule has 4 aliphatic heterocycles. The number of nitrogens with one attached hydrogen (secondary N) is 3. The second-order valence-corrected chi connectivity index (χ2v) is 14.1. The first-order valence-corrected chi connectivity index (χ1v) is 18.2. The maximum Gasteiger partial charge on any atom is 0.426 e. The molecule has 11 heteroatoms. The summed E-state index contributed by atoms with van der Waals surface area (Å²) < 4.78 is 0. The van der Waals surface area contributed by atoms with Gasteiger partial charge in [0.2, 0.25) is 5.91 Å². The Balaban J connectivity index is 0.954. The van der Waals surface area contributed by atoms with Crippen LogP contribution in [0, 0.1) is 0 Å². The lowest BCUT2D eigenvalue weighted by atomic mass is 9.89. The van der Waals surface area contributed by atoms with Gasteiger partial charge in [-0.2, -0.15) is 0 Å². The smallest absolute Gasteiger partial charge is 0.351 e. The zero-order valence-corrected chi connectivity index (χ0v) is 28.1. The zero-order valence-electron chi connectivity index (χ0n) is 28.1. The summed E-state index contributed by atoms with van der Waals surface area (Å²) in [6, 6.07) is 14.3. The number of para-hydroxylation sites is 1. The van der Waals surface area contributed by atoms with E-state index < -0.39 is 12.1 Å². The number of hydrogen-bond donors (Lipinski definition) is 3. The molecule has 3 N–H and O–H groups in total. The summed E-state index contributed by atoms with van der Waals surface area (Å²) in [5.41, 5.74) is 5.87. The molecule has 0 saturated carbocycles. The minimum absolute atomic E-state index is 0.0321. The number of carbonyl (C=O) groups is 3. The van der Waals surface area contributed by atoms with Crippen molar-refractivity contribution in [3.8, 4) is 0 Å². The minimum Gasteiger partial charge on any atom is -0.351 e. The van der Waals surface area contributed by atoms with Crippen LogP contribution in [0.15, 0.2) is 42.5 Å². The third kappa shape index (κ3) is 7.79. The summed E-state index contributed by atoms with van der Waals surface area (Å²) in [4.78, 5) is 52.7. The van der Waals surface area contributed by atoms with Crippen molar-refractivity contribution >= 4 is 23.7 Å². The number of nitrogens with zero attached hydrogens (tertiary/aromatic N) is 4. The lowest BCUT2D eigenvalue weighted by Gasteiger charge is -2.41. The molecule has 0 radical (unpaired) electrons. The van der Waals surface area contributed by atoms with E-state index in [2.05, 4.69) is 45.1 Å². The van der Waals surface area contributed by atoms with E-state index >= 15 is 0 Å². The third-order valence-electron chi connectivity index (χ3n) is 11.1. The fraction of sp³-hybridized carbons (Fsp3) is 0.595. The first kappa shape index (κ1) is 32.9. The monoisotopic (exact) mass is 657 g/mol. The Morgan fingerprint density at radius 3 is 2.33 bits per heavy atom. The molecule has 0 aromatic heterocycles. The van der Waals surface area contributed by atoms with Gasteiger partial charge in [-0.3, -0.25) is 9.69 Å². The van der Waals surface area contributed by atoms with Crippen molar-refractivity contribution in [2.75, 3.05) is 64.2 Å². The SMILES string of the molecule is O=C(N[C@H](Cc1ccc2c(c1)CCCC2)C(=O)N1CCC(N2CCNCC2)CC1)ON1CCC(N2CCc3ccccc3NC2=O)CC1. The molecule has 2 aromatic rings. The van der Waals surface area contributed by atoms with E-state index in [0.717, 1.165) is 75.1 Å². The molecule has 5 aliphatic rings. The summed E-state index contributed by atoms with van der Waals surface area (Å²) in [5, 5.41) is 11.1. The van der Waals surface area contributed by atoms with Gasteiger partial charge in [0.05, 0.1) is 0 Å². The number of amides is 4. The van der Waals surface area contributed by atoms with Gasteiger partial charge in [0.1, 0.15) is 6.04 Å². The molecule has 0 unspecified atom stereocenters. The van der Waals surface area contributed by atoms with Crippen molar-refractivity contribution in [1.29, 1.82) is 0 Å². The van der Waals surface area contributed by atoms with Crippen LogP contribution in [-0.4, -0.2) is 115 Å². The van der Waals surface area contributed by atoms with Crippen LogP contribution in [0.1, 0.15) is 60.8 Å². The van der Waals surface area contributed by atoms with Crippen LogP contribution in [0.3, 0.4) is 0 Å². The number of urea groups is 1. The molecule has 7 rings (SSSR count). The maximum absolute atomic E-state index is 14.0.